The molecule has 2 aliphatic rings. The highest BCUT2D eigenvalue weighted by Crippen LogP contribution is 2.38. The summed E-state index contributed by atoms with van der Waals surface area (Å²) in [5.41, 5.74) is 4.20. The van der Waals surface area contributed by atoms with Gasteiger partial charge < -0.3 is 9.84 Å². The van der Waals surface area contributed by atoms with E-state index in [4.69, 9.17) is 9.57 Å². The molecule has 138 valence electrons. The Balaban J connectivity index is 1.62. The smallest absolute Gasteiger partial charge is 0.354 e. The summed E-state index contributed by atoms with van der Waals surface area (Å²) in [6.07, 6.45) is -2.45. The van der Waals surface area contributed by atoms with Gasteiger partial charge in [0.05, 0.1) is 15.5 Å². The molecule has 2 atom stereocenters. The van der Waals surface area contributed by atoms with Gasteiger partial charge in [-0.05, 0) is 25.0 Å². The lowest BCUT2D eigenvalue weighted by Gasteiger charge is -2.21. The average Bonchev–Trinajstić information content (AvgIpc) is 3.20. The Labute approximate surface area is 144 Å². The third kappa shape index (κ3) is 3.96. The fourth-order valence-electron chi connectivity index (χ4n) is 2.23. The van der Waals surface area contributed by atoms with E-state index >= 15 is 0 Å². The number of rotatable bonds is 4. The second-order valence-corrected chi connectivity index (χ2v) is 6.55. The lowest BCUT2D eigenvalue weighted by molar-refractivity contribution is -0.345. The van der Waals surface area contributed by atoms with Gasteiger partial charge in [0.2, 0.25) is 0 Å². The summed E-state index contributed by atoms with van der Waals surface area (Å²) < 4.78 is 43.4. The zero-order chi connectivity index (χ0) is 18.1. The molecular formula is C14H15F3N2O5S. The molecule has 0 aliphatic carbocycles. The van der Waals surface area contributed by atoms with E-state index in [0.29, 0.717) is 24.0 Å². The highest BCUT2D eigenvalue weighted by molar-refractivity contribution is 7.15. The number of ether oxygens (including phenoxy) is 1. The molecule has 1 aromatic rings. The molecule has 1 aromatic heterocycles. The van der Waals surface area contributed by atoms with Crippen molar-refractivity contribution in [1.29, 1.82) is 0 Å². The quantitative estimate of drug-likeness (QED) is 0.693. The minimum absolute atomic E-state index is 0.0830. The number of carbonyl (C=O) groups excluding carboxylic acids is 1. The van der Waals surface area contributed by atoms with Crippen LogP contribution in [0, 0.1) is 0 Å². The van der Waals surface area contributed by atoms with Crippen molar-refractivity contribution in [3.8, 4) is 0 Å². The second-order valence-electron chi connectivity index (χ2n) is 5.47. The van der Waals surface area contributed by atoms with Crippen molar-refractivity contribution in [1.82, 2.24) is 11.0 Å². The molecular weight excluding hydrogens is 365 g/mol. The number of amides is 1. The number of hydrogen-bond donors (Lipinski definition) is 3. The number of carbonyl (C=O) groups is 1. The van der Waals surface area contributed by atoms with Crippen LogP contribution in [0.2, 0.25) is 0 Å². The first-order valence-corrected chi connectivity index (χ1v) is 8.24. The van der Waals surface area contributed by atoms with Crippen LogP contribution in [0.25, 0.3) is 5.70 Å². The van der Waals surface area contributed by atoms with Gasteiger partial charge in [-0.1, -0.05) is 0 Å². The summed E-state index contributed by atoms with van der Waals surface area (Å²) in [5.74, 6) is -3.95. The van der Waals surface area contributed by atoms with E-state index in [9.17, 15) is 23.1 Å². The molecule has 2 aliphatic heterocycles. The van der Waals surface area contributed by atoms with Crippen LogP contribution in [0.5, 0.6) is 0 Å². The van der Waals surface area contributed by atoms with Crippen LogP contribution >= 0.6 is 11.3 Å². The van der Waals surface area contributed by atoms with Crippen molar-refractivity contribution >= 4 is 22.9 Å². The van der Waals surface area contributed by atoms with Crippen molar-refractivity contribution < 1.29 is 37.5 Å². The third-order valence-corrected chi connectivity index (χ3v) is 4.70. The number of thiophene rings is 1. The molecule has 0 bridgehead atoms. The Hall–Kier alpha value is -1.66. The summed E-state index contributed by atoms with van der Waals surface area (Å²) in [5, 5.41) is 9.41. The van der Waals surface area contributed by atoms with Crippen LogP contribution in [-0.2, 0) is 14.4 Å². The van der Waals surface area contributed by atoms with E-state index in [0.717, 1.165) is 24.2 Å². The summed E-state index contributed by atoms with van der Waals surface area (Å²) in [7, 11) is 0. The molecule has 2 unspecified atom stereocenters. The first-order valence-electron chi connectivity index (χ1n) is 7.42. The Kier molecular flexibility index (Phi) is 5.02. The topological polar surface area (TPSA) is 89.1 Å². The summed E-state index contributed by atoms with van der Waals surface area (Å²) in [6, 6.07) is 2.86. The predicted molar refractivity (Wildman–Crippen MR) is 79.7 cm³/mol. The molecule has 7 nitrogen and oxygen atoms in total. The van der Waals surface area contributed by atoms with Crippen LogP contribution in [0.4, 0.5) is 13.2 Å². The number of aliphatic hydroxyl groups is 1. The zero-order valence-electron chi connectivity index (χ0n) is 12.8. The summed E-state index contributed by atoms with van der Waals surface area (Å²) in [4.78, 5) is 21.9. The standard InChI is InChI=1S/C14H15F3N2O5S/c15-14(16,17)13(21)7-8(18-24-13)9-4-5-10(25-9)12(20)19-23-11-3-1-2-6-22-11/h4-5,7,11,18,21H,1-3,6H2,(H,19,20). The molecule has 3 heterocycles. The Morgan fingerprint density at radius 1 is 1.44 bits per heavy atom. The minimum Gasteiger partial charge on any atom is -0.354 e. The molecule has 11 heteroatoms. The van der Waals surface area contributed by atoms with Crippen molar-refractivity contribution in [3.63, 3.8) is 0 Å². The van der Waals surface area contributed by atoms with E-state index in [1.54, 1.807) is 0 Å². The van der Waals surface area contributed by atoms with Crippen LogP contribution in [0.1, 0.15) is 33.8 Å². The number of hydrogen-bond acceptors (Lipinski definition) is 7. The highest BCUT2D eigenvalue weighted by atomic mass is 32.1. The SMILES string of the molecule is O=C(NOC1CCCCO1)c1ccc(C2=CC(O)(C(F)(F)F)ON2)s1. The molecule has 1 amide bonds. The van der Waals surface area contributed by atoms with E-state index < -0.39 is 24.2 Å². The summed E-state index contributed by atoms with van der Waals surface area (Å²) in [6.45, 7) is 0.561. The number of alkyl halides is 3. The molecule has 25 heavy (non-hydrogen) atoms. The van der Waals surface area contributed by atoms with Gasteiger partial charge in [-0.2, -0.15) is 13.2 Å². The molecule has 3 rings (SSSR count). The largest absolute Gasteiger partial charge is 0.449 e. The Bertz CT molecular complexity index is 672. The van der Waals surface area contributed by atoms with Crippen molar-refractivity contribution in [2.75, 3.05) is 6.61 Å². The molecule has 0 aromatic carbocycles. The van der Waals surface area contributed by atoms with Crippen LogP contribution < -0.4 is 11.0 Å². The van der Waals surface area contributed by atoms with E-state index in [1.165, 1.54) is 12.1 Å². The first-order chi connectivity index (χ1) is 11.8. The monoisotopic (exact) mass is 380 g/mol. The third-order valence-electron chi connectivity index (χ3n) is 3.58. The van der Waals surface area contributed by atoms with Gasteiger partial charge in [-0.15, -0.1) is 11.3 Å². The molecule has 1 saturated heterocycles. The summed E-state index contributed by atoms with van der Waals surface area (Å²) >= 11 is 0.914. The van der Waals surface area contributed by atoms with Crippen molar-refractivity contribution in [3.05, 3.63) is 28.0 Å². The number of nitrogens with one attached hydrogen (secondary N) is 2. The molecule has 0 saturated carbocycles. The average molecular weight is 380 g/mol. The molecule has 0 radical (unpaired) electrons. The van der Waals surface area contributed by atoms with E-state index in [1.807, 2.05) is 5.48 Å². The van der Waals surface area contributed by atoms with Gasteiger partial charge in [0, 0.05) is 19.1 Å². The molecule has 3 N–H and O–H groups in total. The zero-order valence-corrected chi connectivity index (χ0v) is 13.6. The normalized spacial score (nSPS) is 26.9. The van der Waals surface area contributed by atoms with Gasteiger partial charge in [0.25, 0.3) is 5.91 Å². The maximum atomic E-state index is 12.7. The lowest BCUT2D eigenvalue weighted by Crippen LogP contribution is -2.45. The second kappa shape index (κ2) is 6.92. The minimum atomic E-state index is -4.99. The van der Waals surface area contributed by atoms with Crippen LogP contribution in [0.15, 0.2) is 18.2 Å². The van der Waals surface area contributed by atoms with Gasteiger partial charge in [-0.25, -0.2) is 15.2 Å². The van der Waals surface area contributed by atoms with Crippen molar-refractivity contribution in [2.45, 2.75) is 37.5 Å². The van der Waals surface area contributed by atoms with Crippen molar-refractivity contribution in [2.24, 2.45) is 0 Å². The Morgan fingerprint density at radius 2 is 2.24 bits per heavy atom. The van der Waals surface area contributed by atoms with Gasteiger partial charge >= 0.3 is 12.0 Å². The van der Waals surface area contributed by atoms with Gasteiger partial charge in [0.15, 0.2) is 6.29 Å². The maximum absolute atomic E-state index is 12.7. The molecule has 1 fully saturated rings. The maximum Gasteiger partial charge on any atom is 0.449 e. The van der Waals surface area contributed by atoms with E-state index in [2.05, 4.69) is 10.3 Å². The Morgan fingerprint density at radius 3 is 2.88 bits per heavy atom. The van der Waals surface area contributed by atoms with Gasteiger partial charge in [0.1, 0.15) is 0 Å². The molecule has 0 spiro atoms. The first kappa shape index (κ1) is 18.1. The van der Waals surface area contributed by atoms with Crippen LogP contribution in [-0.4, -0.2) is 35.9 Å². The van der Waals surface area contributed by atoms with Gasteiger partial charge in [-0.3, -0.25) is 10.3 Å². The highest BCUT2D eigenvalue weighted by Gasteiger charge is 2.57. The fraction of sp³-hybridized carbons (Fsp3) is 0.500. The van der Waals surface area contributed by atoms with E-state index in [-0.39, 0.29) is 10.6 Å². The fourth-order valence-corrected chi connectivity index (χ4v) is 3.08. The number of hydroxylamine groups is 2. The van der Waals surface area contributed by atoms with Crippen LogP contribution in [0.3, 0.4) is 0 Å². The lowest BCUT2D eigenvalue weighted by atomic mass is 10.2. The number of halogens is 3. The predicted octanol–water partition coefficient (Wildman–Crippen LogP) is 2.06.